The van der Waals surface area contributed by atoms with Crippen molar-refractivity contribution in [1.29, 1.82) is 0 Å². The van der Waals surface area contributed by atoms with Crippen molar-refractivity contribution in [3.63, 3.8) is 0 Å². The average Bonchev–Trinajstić information content (AvgIpc) is 3.26. The third-order valence-electron chi connectivity index (χ3n) is 4.70. The molecule has 122 valence electrons. The molecule has 0 spiro atoms. The lowest BCUT2D eigenvalue weighted by molar-refractivity contribution is -0.0401. The minimum atomic E-state index is 0.0795. The standard InChI is InChI=1S/C19H23NO3/c1(3-15-5-6-17-16(13-15)7-11-22-17)8-20-9-12-23-19(14-20)18-4-2-10-21-18/h2,4-6,10,13,19H,1,3,7-9,11-12,14H2. The van der Waals surface area contributed by atoms with Gasteiger partial charge in [0.1, 0.15) is 17.6 Å². The summed E-state index contributed by atoms with van der Waals surface area (Å²) in [5, 5.41) is 0. The summed E-state index contributed by atoms with van der Waals surface area (Å²) in [4.78, 5) is 2.48. The zero-order valence-corrected chi connectivity index (χ0v) is 13.4. The Bertz CT molecular complexity index is 638. The van der Waals surface area contributed by atoms with Crippen molar-refractivity contribution in [2.45, 2.75) is 25.4 Å². The van der Waals surface area contributed by atoms with Crippen LogP contribution < -0.4 is 4.74 Å². The lowest BCUT2D eigenvalue weighted by Gasteiger charge is -2.31. The van der Waals surface area contributed by atoms with Gasteiger partial charge in [0.25, 0.3) is 0 Å². The zero-order chi connectivity index (χ0) is 15.5. The molecule has 1 fully saturated rings. The van der Waals surface area contributed by atoms with Gasteiger partial charge in [0.15, 0.2) is 0 Å². The first-order valence-electron chi connectivity index (χ1n) is 8.50. The van der Waals surface area contributed by atoms with E-state index in [1.165, 1.54) is 17.5 Å². The first-order valence-corrected chi connectivity index (χ1v) is 8.50. The van der Waals surface area contributed by atoms with Crippen LogP contribution in [0.1, 0.15) is 29.4 Å². The number of morpholine rings is 1. The van der Waals surface area contributed by atoms with Crippen LogP contribution in [0.3, 0.4) is 0 Å². The smallest absolute Gasteiger partial charge is 0.133 e. The van der Waals surface area contributed by atoms with Crippen molar-refractivity contribution in [2.75, 3.05) is 32.8 Å². The molecule has 4 nitrogen and oxygen atoms in total. The number of hydrogen-bond acceptors (Lipinski definition) is 4. The van der Waals surface area contributed by atoms with E-state index in [1.807, 2.05) is 12.1 Å². The van der Waals surface area contributed by atoms with Gasteiger partial charge in [-0.3, -0.25) is 4.90 Å². The van der Waals surface area contributed by atoms with Crippen molar-refractivity contribution in [1.82, 2.24) is 4.90 Å². The zero-order valence-electron chi connectivity index (χ0n) is 13.4. The molecule has 1 aromatic carbocycles. The van der Waals surface area contributed by atoms with Crippen LogP contribution in [-0.2, 0) is 17.6 Å². The number of ether oxygens (including phenoxy) is 2. The highest BCUT2D eigenvalue weighted by Crippen LogP contribution is 2.26. The van der Waals surface area contributed by atoms with Crippen LogP contribution in [0.5, 0.6) is 5.75 Å². The van der Waals surface area contributed by atoms with Gasteiger partial charge in [0.05, 0.1) is 19.5 Å². The average molecular weight is 313 g/mol. The topological polar surface area (TPSA) is 34.8 Å². The Morgan fingerprint density at radius 3 is 3.09 bits per heavy atom. The van der Waals surface area contributed by atoms with Gasteiger partial charge in [-0.25, -0.2) is 0 Å². The van der Waals surface area contributed by atoms with Crippen molar-refractivity contribution < 1.29 is 13.9 Å². The van der Waals surface area contributed by atoms with Gasteiger partial charge in [0, 0.05) is 19.5 Å². The Morgan fingerprint density at radius 1 is 1.17 bits per heavy atom. The van der Waals surface area contributed by atoms with Crippen LogP contribution in [0.25, 0.3) is 0 Å². The summed E-state index contributed by atoms with van der Waals surface area (Å²) in [5.41, 5.74) is 2.79. The second kappa shape index (κ2) is 6.77. The van der Waals surface area contributed by atoms with E-state index < -0.39 is 0 Å². The van der Waals surface area contributed by atoms with Crippen molar-refractivity contribution in [3.8, 4) is 5.75 Å². The molecule has 3 heterocycles. The summed E-state index contributed by atoms with van der Waals surface area (Å²) in [5.74, 6) is 2.01. The van der Waals surface area contributed by atoms with Gasteiger partial charge in [-0.2, -0.15) is 0 Å². The highest BCUT2D eigenvalue weighted by molar-refractivity contribution is 5.39. The molecule has 2 aliphatic heterocycles. The van der Waals surface area contributed by atoms with E-state index in [0.29, 0.717) is 0 Å². The van der Waals surface area contributed by atoms with Gasteiger partial charge in [-0.1, -0.05) is 12.1 Å². The van der Waals surface area contributed by atoms with Crippen LogP contribution in [0.15, 0.2) is 41.0 Å². The molecule has 0 radical (unpaired) electrons. The van der Waals surface area contributed by atoms with Crippen LogP contribution >= 0.6 is 0 Å². The Morgan fingerprint density at radius 2 is 2.17 bits per heavy atom. The number of rotatable bonds is 5. The molecular formula is C19H23NO3. The fourth-order valence-corrected chi connectivity index (χ4v) is 3.45. The quantitative estimate of drug-likeness (QED) is 0.849. The Hall–Kier alpha value is -1.78. The molecule has 0 N–H and O–H groups in total. The largest absolute Gasteiger partial charge is 0.493 e. The number of furan rings is 1. The van der Waals surface area contributed by atoms with Gasteiger partial charge in [-0.15, -0.1) is 0 Å². The van der Waals surface area contributed by atoms with Gasteiger partial charge >= 0.3 is 0 Å². The van der Waals surface area contributed by atoms with E-state index in [2.05, 4.69) is 23.1 Å². The van der Waals surface area contributed by atoms with E-state index in [-0.39, 0.29) is 6.10 Å². The predicted octanol–water partition coefficient (Wildman–Crippen LogP) is 3.22. The highest BCUT2D eigenvalue weighted by atomic mass is 16.5. The van der Waals surface area contributed by atoms with Crippen molar-refractivity contribution in [2.24, 2.45) is 0 Å². The summed E-state index contributed by atoms with van der Waals surface area (Å²) in [6.07, 6.45) is 5.14. The maximum atomic E-state index is 5.82. The van der Waals surface area contributed by atoms with Crippen LogP contribution in [0.2, 0.25) is 0 Å². The molecule has 0 aliphatic carbocycles. The molecule has 23 heavy (non-hydrogen) atoms. The SMILES string of the molecule is c1coc(C2CN(CCCc3ccc4c(c3)CCO4)CCO2)c1. The molecule has 2 aromatic rings. The number of fused-ring (bicyclic) bond motifs is 1. The molecule has 1 saturated heterocycles. The molecule has 1 unspecified atom stereocenters. The van der Waals surface area contributed by atoms with Gasteiger partial charge in [0.2, 0.25) is 0 Å². The predicted molar refractivity (Wildman–Crippen MR) is 87.8 cm³/mol. The normalized spacial score (nSPS) is 21.1. The summed E-state index contributed by atoms with van der Waals surface area (Å²) < 4.78 is 16.9. The number of aryl methyl sites for hydroxylation is 1. The molecule has 4 rings (SSSR count). The fraction of sp³-hybridized carbons (Fsp3) is 0.474. The first-order chi connectivity index (χ1) is 11.4. The first kappa shape index (κ1) is 14.8. The molecule has 0 saturated carbocycles. The Kier molecular flexibility index (Phi) is 4.35. The minimum Gasteiger partial charge on any atom is -0.493 e. The van der Waals surface area contributed by atoms with Gasteiger partial charge in [-0.05, 0) is 48.7 Å². The maximum absolute atomic E-state index is 5.82. The summed E-state index contributed by atoms with van der Waals surface area (Å²) in [6, 6.07) is 10.6. The molecule has 1 aromatic heterocycles. The summed E-state index contributed by atoms with van der Waals surface area (Å²) in [7, 11) is 0. The summed E-state index contributed by atoms with van der Waals surface area (Å²) >= 11 is 0. The fourth-order valence-electron chi connectivity index (χ4n) is 3.45. The Labute approximate surface area is 137 Å². The number of nitrogens with zero attached hydrogens (tertiary/aromatic N) is 1. The molecule has 0 amide bonds. The van der Waals surface area contributed by atoms with Crippen molar-refractivity contribution >= 4 is 0 Å². The number of benzene rings is 1. The van der Waals surface area contributed by atoms with Crippen LogP contribution in [0, 0.1) is 0 Å². The van der Waals surface area contributed by atoms with E-state index in [0.717, 1.165) is 57.2 Å². The lowest BCUT2D eigenvalue weighted by atomic mass is 10.0. The molecule has 0 bridgehead atoms. The van der Waals surface area contributed by atoms with Crippen molar-refractivity contribution in [3.05, 3.63) is 53.5 Å². The molecule has 4 heteroatoms. The van der Waals surface area contributed by atoms with E-state index in [9.17, 15) is 0 Å². The minimum absolute atomic E-state index is 0.0795. The number of hydrogen-bond donors (Lipinski definition) is 0. The third-order valence-corrected chi connectivity index (χ3v) is 4.70. The van der Waals surface area contributed by atoms with E-state index in [4.69, 9.17) is 13.9 Å². The monoisotopic (exact) mass is 313 g/mol. The van der Waals surface area contributed by atoms with E-state index >= 15 is 0 Å². The molecule has 1 atom stereocenters. The maximum Gasteiger partial charge on any atom is 0.133 e. The van der Waals surface area contributed by atoms with Crippen LogP contribution in [-0.4, -0.2) is 37.7 Å². The summed E-state index contributed by atoms with van der Waals surface area (Å²) in [6.45, 7) is 4.65. The third kappa shape index (κ3) is 3.43. The van der Waals surface area contributed by atoms with Gasteiger partial charge < -0.3 is 13.9 Å². The highest BCUT2D eigenvalue weighted by Gasteiger charge is 2.23. The lowest BCUT2D eigenvalue weighted by Crippen LogP contribution is -2.38. The van der Waals surface area contributed by atoms with Crippen LogP contribution in [0.4, 0.5) is 0 Å². The molecule has 2 aliphatic rings. The second-order valence-corrected chi connectivity index (χ2v) is 6.32. The van der Waals surface area contributed by atoms with E-state index in [1.54, 1.807) is 6.26 Å². The second-order valence-electron chi connectivity index (χ2n) is 6.32. The molecular weight excluding hydrogens is 290 g/mol. The Balaban J connectivity index is 1.27.